The van der Waals surface area contributed by atoms with E-state index in [2.05, 4.69) is 19.2 Å². The van der Waals surface area contributed by atoms with Gasteiger partial charge in [-0.1, -0.05) is 13.5 Å². The second-order valence-electron chi connectivity index (χ2n) is 2.23. The van der Waals surface area contributed by atoms with Crippen LogP contribution in [0.3, 0.4) is 0 Å². The molecule has 0 heterocycles. The molecule has 0 bridgehead atoms. The number of amides is 1. The van der Waals surface area contributed by atoms with Gasteiger partial charge >= 0.3 is 0 Å². The van der Waals surface area contributed by atoms with Crippen molar-refractivity contribution in [1.29, 1.82) is 0 Å². The van der Waals surface area contributed by atoms with Crippen LogP contribution in [0, 0.1) is 0 Å². The van der Waals surface area contributed by atoms with Crippen molar-refractivity contribution < 1.29 is 4.79 Å². The molecule has 3 heteroatoms. The first-order valence-electron chi connectivity index (χ1n) is 3.23. The normalized spacial score (nSPS) is 12.6. The van der Waals surface area contributed by atoms with Crippen molar-refractivity contribution in [3.8, 4) is 0 Å². The summed E-state index contributed by atoms with van der Waals surface area (Å²) in [5, 5.41) is 0.208. The average molecular weight is 159 g/mol. The zero-order valence-corrected chi connectivity index (χ0v) is 7.03. The lowest BCUT2D eigenvalue weighted by Gasteiger charge is -2.06. The van der Waals surface area contributed by atoms with Crippen LogP contribution in [0.1, 0.15) is 19.8 Å². The first-order valence-corrected chi connectivity index (χ1v) is 3.75. The summed E-state index contributed by atoms with van der Waals surface area (Å²) in [4.78, 5) is 10.4. The molecule has 1 amide bonds. The van der Waals surface area contributed by atoms with Crippen LogP contribution < -0.4 is 5.73 Å². The highest BCUT2D eigenvalue weighted by molar-refractivity contribution is 7.80. The molecule has 0 aliphatic rings. The lowest BCUT2D eigenvalue weighted by molar-refractivity contribution is -0.114. The second-order valence-corrected chi connectivity index (χ2v) is 2.96. The van der Waals surface area contributed by atoms with Crippen LogP contribution in [0.2, 0.25) is 0 Å². The largest absolute Gasteiger partial charge is 0.366 e. The van der Waals surface area contributed by atoms with Gasteiger partial charge in [0, 0.05) is 10.8 Å². The molecule has 1 atom stereocenters. The fourth-order valence-corrected chi connectivity index (χ4v) is 0.750. The molecule has 0 radical (unpaired) electrons. The molecule has 0 saturated heterocycles. The Kier molecular flexibility index (Phi) is 4.19. The predicted molar refractivity (Wildman–Crippen MR) is 46.0 cm³/mol. The summed E-state index contributed by atoms with van der Waals surface area (Å²) in [7, 11) is 0. The van der Waals surface area contributed by atoms with Crippen molar-refractivity contribution in [2.24, 2.45) is 5.73 Å². The number of carbonyl (C=O) groups is 1. The lowest BCUT2D eigenvalue weighted by Crippen LogP contribution is -2.15. The number of nitrogens with two attached hydrogens (primary N) is 1. The van der Waals surface area contributed by atoms with Gasteiger partial charge in [0.25, 0.3) is 0 Å². The summed E-state index contributed by atoms with van der Waals surface area (Å²) < 4.78 is 0. The quantitative estimate of drug-likeness (QED) is 0.468. The van der Waals surface area contributed by atoms with Crippen molar-refractivity contribution in [1.82, 2.24) is 0 Å². The molecule has 0 aromatic heterocycles. The fraction of sp³-hybridized carbons (Fsp3) is 0.571. The van der Waals surface area contributed by atoms with Gasteiger partial charge < -0.3 is 5.73 Å². The van der Waals surface area contributed by atoms with E-state index < -0.39 is 5.91 Å². The predicted octanol–water partition coefficient (Wildman–Crippen LogP) is 1.13. The van der Waals surface area contributed by atoms with Crippen molar-refractivity contribution in [2.75, 3.05) is 0 Å². The molecular weight excluding hydrogens is 146 g/mol. The number of thiol groups is 1. The summed E-state index contributed by atoms with van der Waals surface area (Å²) >= 11 is 4.20. The number of primary amides is 1. The van der Waals surface area contributed by atoms with Crippen molar-refractivity contribution in [3.63, 3.8) is 0 Å². The van der Waals surface area contributed by atoms with Crippen LogP contribution in [0.4, 0.5) is 0 Å². The van der Waals surface area contributed by atoms with Gasteiger partial charge in [0.05, 0.1) is 0 Å². The Balaban J connectivity index is 3.68. The van der Waals surface area contributed by atoms with Gasteiger partial charge in [-0.15, -0.1) is 0 Å². The Morgan fingerprint density at radius 1 is 1.80 bits per heavy atom. The first-order chi connectivity index (χ1) is 4.57. The average Bonchev–Trinajstić information content (AvgIpc) is 1.87. The smallest absolute Gasteiger partial charge is 0.244 e. The maximum Gasteiger partial charge on any atom is 0.244 e. The molecule has 0 spiro atoms. The topological polar surface area (TPSA) is 43.1 Å². The minimum atomic E-state index is -0.424. The van der Waals surface area contributed by atoms with E-state index in [4.69, 9.17) is 5.73 Å². The summed E-state index contributed by atoms with van der Waals surface area (Å²) in [6.45, 7) is 5.52. The Hall–Kier alpha value is -0.440. The van der Waals surface area contributed by atoms with E-state index in [0.717, 1.165) is 6.42 Å². The fourth-order valence-electron chi connectivity index (χ4n) is 0.529. The van der Waals surface area contributed by atoms with Gasteiger partial charge in [-0.25, -0.2) is 0 Å². The van der Waals surface area contributed by atoms with Crippen LogP contribution in [0.15, 0.2) is 12.2 Å². The molecule has 1 unspecified atom stereocenters. The van der Waals surface area contributed by atoms with Gasteiger partial charge in [0.15, 0.2) is 0 Å². The summed E-state index contributed by atoms with van der Waals surface area (Å²) in [6, 6.07) is 0. The second kappa shape index (κ2) is 4.39. The molecular formula is C7H13NOS. The molecule has 0 fully saturated rings. The minimum Gasteiger partial charge on any atom is -0.366 e. The highest BCUT2D eigenvalue weighted by Gasteiger charge is 2.06. The number of hydrogen-bond donors (Lipinski definition) is 2. The third kappa shape index (κ3) is 3.56. The molecule has 0 aromatic carbocycles. The number of rotatable bonds is 4. The molecule has 0 aromatic rings. The van der Waals surface area contributed by atoms with Crippen LogP contribution >= 0.6 is 12.6 Å². The van der Waals surface area contributed by atoms with Crippen LogP contribution in [-0.4, -0.2) is 11.2 Å². The third-order valence-corrected chi connectivity index (χ3v) is 1.85. The van der Waals surface area contributed by atoms with Gasteiger partial charge in [-0.2, -0.15) is 12.6 Å². The van der Waals surface area contributed by atoms with E-state index in [9.17, 15) is 4.79 Å². The summed E-state index contributed by atoms with van der Waals surface area (Å²) in [5.41, 5.74) is 5.43. The Morgan fingerprint density at radius 3 is 2.60 bits per heavy atom. The maximum atomic E-state index is 10.4. The van der Waals surface area contributed by atoms with Crippen molar-refractivity contribution in [2.45, 2.75) is 25.0 Å². The third-order valence-electron chi connectivity index (χ3n) is 1.30. The Labute approximate surface area is 66.9 Å². The minimum absolute atomic E-state index is 0.208. The van der Waals surface area contributed by atoms with Crippen LogP contribution in [0.5, 0.6) is 0 Å². The Bertz CT molecular complexity index is 145. The maximum absolute atomic E-state index is 10.4. The molecule has 0 aliphatic heterocycles. The number of carbonyl (C=O) groups excluding carboxylic acids is 1. The monoisotopic (exact) mass is 159 g/mol. The molecule has 10 heavy (non-hydrogen) atoms. The zero-order valence-electron chi connectivity index (χ0n) is 6.13. The SMILES string of the molecule is C=C(CC(S)CC)C(N)=O. The van der Waals surface area contributed by atoms with Gasteiger partial charge in [0.2, 0.25) is 5.91 Å². The highest BCUT2D eigenvalue weighted by Crippen LogP contribution is 2.10. The lowest BCUT2D eigenvalue weighted by atomic mass is 10.1. The van der Waals surface area contributed by atoms with E-state index in [1.165, 1.54) is 0 Å². The van der Waals surface area contributed by atoms with Gasteiger partial charge in [0.1, 0.15) is 0 Å². The van der Waals surface area contributed by atoms with Gasteiger partial charge in [-0.3, -0.25) is 4.79 Å². The zero-order chi connectivity index (χ0) is 8.15. The van der Waals surface area contributed by atoms with Crippen molar-refractivity contribution >= 4 is 18.5 Å². The van der Waals surface area contributed by atoms with Gasteiger partial charge in [-0.05, 0) is 12.8 Å². The standard InChI is InChI=1S/C7H13NOS/c1-3-6(10)4-5(2)7(8)9/h6,10H,2-4H2,1H3,(H2,8,9). The molecule has 0 rings (SSSR count). The van der Waals surface area contributed by atoms with E-state index >= 15 is 0 Å². The molecule has 2 nitrogen and oxygen atoms in total. The molecule has 0 saturated carbocycles. The first kappa shape index (κ1) is 9.56. The Morgan fingerprint density at radius 2 is 2.30 bits per heavy atom. The molecule has 0 aliphatic carbocycles. The molecule has 58 valence electrons. The summed E-state index contributed by atoms with van der Waals surface area (Å²) in [5.74, 6) is -0.424. The van der Waals surface area contributed by atoms with E-state index in [0.29, 0.717) is 12.0 Å². The summed E-state index contributed by atoms with van der Waals surface area (Å²) in [6.07, 6.45) is 1.52. The van der Waals surface area contributed by atoms with Crippen LogP contribution in [-0.2, 0) is 4.79 Å². The molecule has 2 N–H and O–H groups in total. The van der Waals surface area contributed by atoms with Crippen molar-refractivity contribution in [3.05, 3.63) is 12.2 Å². The number of hydrogen-bond acceptors (Lipinski definition) is 2. The van der Waals surface area contributed by atoms with E-state index in [-0.39, 0.29) is 5.25 Å². The highest BCUT2D eigenvalue weighted by atomic mass is 32.1. The van der Waals surface area contributed by atoms with Crippen LogP contribution in [0.25, 0.3) is 0 Å². The van der Waals surface area contributed by atoms with E-state index in [1.807, 2.05) is 6.92 Å². The van der Waals surface area contributed by atoms with E-state index in [1.54, 1.807) is 0 Å².